The fourth-order valence-electron chi connectivity index (χ4n) is 3.70. The molecule has 1 atom stereocenters. The molecule has 4 rings (SSSR count). The number of nitrogens with zero attached hydrogens (tertiary/aromatic N) is 1. The minimum atomic E-state index is -0.477. The molecular weight excluding hydrogens is 368 g/mol. The summed E-state index contributed by atoms with van der Waals surface area (Å²) >= 11 is 1.68. The van der Waals surface area contributed by atoms with Crippen molar-refractivity contribution < 1.29 is 9.59 Å². The highest BCUT2D eigenvalue weighted by Gasteiger charge is 2.36. The van der Waals surface area contributed by atoms with Crippen LogP contribution in [0.2, 0.25) is 0 Å². The summed E-state index contributed by atoms with van der Waals surface area (Å²) in [5.74, 6) is 0.656. The van der Waals surface area contributed by atoms with Crippen molar-refractivity contribution in [3.05, 3.63) is 72.3 Å². The van der Waals surface area contributed by atoms with Crippen molar-refractivity contribution in [2.24, 2.45) is 0 Å². The van der Waals surface area contributed by atoms with Crippen LogP contribution < -0.4 is 10.2 Å². The maximum atomic E-state index is 13.3. The number of thioether (sulfide) groups is 1. The van der Waals surface area contributed by atoms with E-state index in [-0.39, 0.29) is 18.2 Å². The number of para-hydroxylation sites is 2. The number of hydrogen-bond donors (Lipinski definition) is 1. The number of carbonyl (C=O) groups excluding carboxylic acids is 2. The molecule has 2 amide bonds. The Morgan fingerprint density at radius 3 is 2.61 bits per heavy atom. The standard InChI is InChI=1S/C23H22N2O2S/c1-28-13-12-21-23(27)24-19-8-4-5-9-20(19)25(21)22(26)15-16-10-11-17-6-2-3-7-18(17)14-16/h2-11,14,21H,12-13,15H2,1H3,(H,24,27). The van der Waals surface area contributed by atoms with Crippen LogP contribution in [0.4, 0.5) is 11.4 Å². The molecule has 1 unspecified atom stereocenters. The molecule has 0 bridgehead atoms. The molecule has 0 aliphatic carbocycles. The van der Waals surface area contributed by atoms with Crippen molar-refractivity contribution in [1.29, 1.82) is 0 Å². The third kappa shape index (κ3) is 3.62. The van der Waals surface area contributed by atoms with Gasteiger partial charge in [0.2, 0.25) is 11.8 Å². The predicted octanol–water partition coefficient (Wildman–Crippen LogP) is 4.49. The molecule has 0 spiro atoms. The lowest BCUT2D eigenvalue weighted by Gasteiger charge is -2.36. The topological polar surface area (TPSA) is 49.4 Å². The van der Waals surface area contributed by atoms with E-state index in [1.54, 1.807) is 16.7 Å². The van der Waals surface area contributed by atoms with Crippen molar-refractivity contribution in [2.75, 3.05) is 22.2 Å². The minimum absolute atomic E-state index is 0.0521. The Kier molecular flexibility index (Phi) is 5.35. The second-order valence-electron chi connectivity index (χ2n) is 6.93. The molecule has 1 heterocycles. The van der Waals surface area contributed by atoms with Crippen LogP contribution in [-0.2, 0) is 16.0 Å². The first-order valence-corrected chi connectivity index (χ1v) is 10.8. The van der Waals surface area contributed by atoms with Gasteiger partial charge in [-0.2, -0.15) is 11.8 Å². The zero-order valence-electron chi connectivity index (χ0n) is 15.7. The molecule has 0 saturated carbocycles. The zero-order chi connectivity index (χ0) is 19.5. The van der Waals surface area contributed by atoms with Gasteiger partial charge in [0.25, 0.3) is 0 Å². The van der Waals surface area contributed by atoms with Gasteiger partial charge < -0.3 is 5.32 Å². The molecule has 5 heteroatoms. The quantitative estimate of drug-likeness (QED) is 0.698. The number of fused-ring (bicyclic) bond motifs is 2. The van der Waals surface area contributed by atoms with E-state index in [9.17, 15) is 9.59 Å². The number of amides is 2. The van der Waals surface area contributed by atoms with E-state index in [1.165, 1.54) is 0 Å². The van der Waals surface area contributed by atoms with E-state index in [0.717, 1.165) is 27.8 Å². The van der Waals surface area contributed by atoms with Crippen LogP contribution in [0, 0.1) is 0 Å². The summed E-state index contributed by atoms with van der Waals surface area (Å²) < 4.78 is 0. The number of carbonyl (C=O) groups is 2. The fourth-order valence-corrected chi connectivity index (χ4v) is 4.16. The Morgan fingerprint density at radius 1 is 1.04 bits per heavy atom. The van der Waals surface area contributed by atoms with E-state index in [0.29, 0.717) is 12.1 Å². The number of hydrogen-bond acceptors (Lipinski definition) is 3. The second-order valence-corrected chi connectivity index (χ2v) is 7.91. The Balaban J connectivity index is 1.66. The average molecular weight is 391 g/mol. The summed E-state index contributed by atoms with van der Waals surface area (Å²) in [6.45, 7) is 0. The van der Waals surface area contributed by atoms with Gasteiger partial charge in [-0.05, 0) is 46.9 Å². The first kappa shape index (κ1) is 18.6. The van der Waals surface area contributed by atoms with Crippen molar-refractivity contribution in [3.8, 4) is 0 Å². The maximum Gasteiger partial charge on any atom is 0.247 e. The van der Waals surface area contributed by atoms with Gasteiger partial charge in [0, 0.05) is 0 Å². The van der Waals surface area contributed by atoms with E-state index >= 15 is 0 Å². The van der Waals surface area contributed by atoms with E-state index in [2.05, 4.69) is 17.4 Å². The molecule has 28 heavy (non-hydrogen) atoms. The van der Waals surface area contributed by atoms with Gasteiger partial charge >= 0.3 is 0 Å². The SMILES string of the molecule is CSCCC1C(=O)Nc2ccccc2N1C(=O)Cc1ccc2ccccc2c1. The summed E-state index contributed by atoms with van der Waals surface area (Å²) in [6.07, 6.45) is 2.91. The van der Waals surface area contributed by atoms with Gasteiger partial charge in [-0.15, -0.1) is 0 Å². The monoisotopic (exact) mass is 390 g/mol. The smallest absolute Gasteiger partial charge is 0.247 e. The summed E-state index contributed by atoms with van der Waals surface area (Å²) in [6, 6.07) is 21.2. The van der Waals surface area contributed by atoms with Gasteiger partial charge in [0.1, 0.15) is 6.04 Å². The molecule has 4 nitrogen and oxygen atoms in total. The third-order valence-corrected chi connectivity index (χ3v) is 5.71. The highest BCUT2D eigenvalue weighted by Crippen LogP contribution is 2.33. The molecule has 0 aromatic heterocycles. The Labute approximate surface area is 168 Å². The average Bonchev–Trinajstić information content (AvgIpc) is 2.71. The van der Waals surface area contributed by atoms with Gasteiger partial charge in [-0.1, -0.05) is 54.6 Å². The second kappa shape index (κ2) is 8.07. The van der Waals surface area contributed by atoms with Crippen LogP contribution in [0.15, 0.2) is 66.7 Å². The van der Waals surface area contributed by atoms with Crippen molar-refractivity contribution in [3.63, 3.8) is 0 Å². The summed E-state index contributed by atoms with van der Waals surface area (Å²) in [5, 5.41) is 5.22. The first-order valence-electron chi connectivity index (χ1n) is 9.36. The van der Waals surface area contributed by atoms with Crippen molar-refractivity contribution in [1.82, 2.24) is 0 Å². The zero-order valence-corrected chi connectivity index (χ0v) is 16.5. The number of benzene rings is 3. The fraction of sp³-hybridized carbons (Fsp3) is 0.217. The summed E-state index contributed by atoms with van der Waals surface area (Å²) in [7, 11) is 0. The van der Waals surface area contributed by atoms with Crippen LogP contribution >= 0.6 is 11.8 Å². The number of rotatable bonds is 5. The minimum Gasteiger partial charge on any atom is -0.322 e. The Hall–Kier alpha value is -2.79. The number of nitrogens with one attached hydrogen (secondary N) is 1. The molecule has 1 aliphatic rings. The highest BCUT2D eigenvalue weighted by molar-refractivity contribution is 7.98. The molecule has 3 aromatic rings. The lowest BCUT2D eigenvalue weighted by atomic mass is 10.0. The molecule has 1 aliphatic heterocycles. The van der Waals surface area contributed by atoms with Crippen molar-refractivity contribution >= 4 is 45.7 Å². The molecule has 0 radical (unpaired) electrons. The lowest BCUT2D eigenvalue weighted by Crippen LogP contribution is -2.51. The highest BCUT2D eigenvalue weighted by atomic mass is 32.2. The predicted molar refractivity (Wildman–Crippen MR) is 117 cm³/mol. The van der Waals surface area contributed by atoms with Gasteiger partial charge in [0.05, 0.1) is 17.8 Å². The summed E-state index contributed by atoms with van der Waals surface area (Å²) in [4.78, 5) is 27.7. The maximum absolute atomic E-state index is 13.3. The Bertz CT molecular complexity index is 1030. The van der Waals surface area contributed by atoms with Gasteiger partial charge in [0.15, 0.2) is 0 Å². The van der Waals surface area contributed by atoms with Crippen LogP contribution in [0.5, 0.6) is 0 Å². The molecule has 142 valence electrons. The Morgan fingerprint density at radius 2 is 1.79 bits per heavy atom. The van der Waals surface area contributed by atoms with Gasteiger partial charge in [-0.3, -0.25) is 14.5 Å². The van der Waals surface area contributed by atoms with Crippen LogP contribution in [0.3, 0.4) is 0 Å². The van der Waals surface area contributed by atoms with Gasteiger partial charge in [-0.25, -0.2) is 0 Å². The molecular formula is C23H22N2O2S. The van der Waals surface area contributed by atoms with E-state index < -0.39 is 6.04 Å². The third-order valence-electron chi connectivity index (χ3n) is 5.07. The van der Waals surface area contributed by atoms with E-state index in [4.69, 9.17) is 0 Å². The van der Waals surface area contributed by atoms with Crippen LogP contribution in [0.1, 0.15) is 12.0 Å². The van der Waals surface area contributed by atoms with Crippen LogP contribution in [0.25, 0.3) is 10.8 Å². The normalized spacial score (nSPS) is 16.0. The van der Waals surface area contributed by atoms with Crippen LogP contribution in [-0.4, -0.2) is 29.9 Å². The van der Waals surface area contributed by atoms with Crippen molar-refractivity contribution in [2.45, 2.75) is 18.9 Å². The van der Waals surface area contributed by atoms with E-state index in [1.807, 2.05) is 60.9 Å². The molecule has 0 saturated heterocycles. The molecule has 3 aromatic carbocycles. The molecule has 0 fully saturated rings. The molecule has 1 N–H and O–H groups in total. The first-order chi connectivity index (χ1) is 13.7. The number of anilines is 2. The lowest BCUT2D eigenvalue weighted by molar-refractivity contribution is -0.123. The largest absolute Gasteiger partial charge is 0.322 e. The summed E-state index contributed by atoms with van der Waals surface area (Å²) in [5.41, 5.74) is 2.43.